The Hall–Kier alpha value is -2.02. The molecule has 1 saturated heterocycles. The molecule has 4 rings (SSSR count). The molecule has 7 nitrogen and oxygen atoms in total. The number of anilines is 1. The molecule has 0 unspecified atom stereocenters. The molecule has 2 aromatic heterocycles. The molecule has 7 heteroatoms. The highest BCUT2D eigenvalue weighted by Crippen LogP contribution is 2.34. The Morgan fingerprint density at radius 3 is 2.46 bits per heavy atom. The minimum absolute atomic E-state index is 0.470. The van der Waals surface area contributed by atoms with Gasteiger partial charge < -0.3 is 14.4 Å². The van der Waals surface area contributed by atoms with Crippen LogP contribution in [0.1, 0.15) is 74.6 Å². The maximum Gasteiger partial charge on any atom is 0.225 e. The lowest BCUT2D eigenvalue weighted by Gasteiger charge is -2.32. The van der Waals surface area contributed by atoms with Gasteiger partial charge in [-0.05, 0) is 52.8 Å². The van der Waals surface area contributed by atoms with Gasteiger partial charge >= 0.3 is 0 Å². The zero-order valence-electron chi connectivity index (χ0n) is 17.5. The Labute approximate surface area is 168 Å². The summed E-state index contributed by atoms with van der Waals surface area (Å²) in [5.41, 5.74) is 1.24. The molecule has 2 fully saturated rings. The van der Waals surface area contributed by atoms with Crippen LogP contribution in [0.5, 0.6) is 0 Å². The number of rotatable bonds is 6. The van der Waals surface area contributed by atoms with Crippen molar-refractivity contribution in [3.05, 3.63) is 29.6 Å². The highest BCUT2D eigenvalue weighted by Gasteiger charge is 2.27. The highest BCUT2D eigenvalue weighted by molar-refractivity contribution is 5.32. The average Bonchev–Trinajstić information content (AvgIpc) is 3.38. The summed E-state index contributed by atoms with van der Waals surface area (Å²) >= 11 is 0. The van der Waals surface area contributed by atoms with Crippen molar-refractivity contribution in [3.63, 3.8) is 0 Å². The fourth-order valence-electron chi connectivity index (χ4n) is 4.70. The summed E-state index contributed by atoms with van der Waals surface area (Å²) < 4.78 is 2.30. The van der Waals surface area contributed by atoms with E-state index < -0.39 is 0 Å². The smallest absolute Gasteiger partial charge is 0.225 e. The number of piperidine rings is 1. The SMILES string of the molecule is CCn1c(CN(C)C)nnc1C1CCN(c2nccc(C3CCCC3)n2)CC1. The molecular weight excluding hydrogens is 350 g/mol. The molecule has 1 aliphatic heterocycles. The molecular formula is C21H33N7. The minimum Gasteiger partial charge on any atom is -0.341 e. The van der Waals surface area contributed by atoms with E-state index in [0.717, 1.165) is 56.6 Å². The molecule has 0 radical (unpaired) electrons. The number of aromatic nitrogens is 5. The van der Waals surface area contributed by atoms with Crippen LogP contribution in [0.4, 0.5) is 5.95 Å². The first kappa shape index (κ1) is 19.3. The van der Waals surface area contributed by atoms with Crippen molar-refractivity contribution < 1.29 is 0 Å². The molecule has 1 saturated carbocycles. The molecule has 0 spiro atoms. The van der Waals surface area contributed by atoms with Gasteiger partial charge in [0.15, 0.2) is 0 Å². The van der Waals surface area contributed by atoms with Crippen molar-refractivity contribution in [3.8, 4) is 0 Å². The van der Waals surface area contributed by atoms with Gasteiger partial charge in [-0.3, -0.25) is 0 Å². The van der Waals surface area contributed by atoms with Gasteiger partial charge in [-0.15, -0.1) is 10.2 Å². The molecule has 0 amide bonds. The first-order chi connectivity index (χ1) is 13.7. The molecule has 0 N–H and O–H groups in total. The second-order valence-electron chi connectivity index (χ2n) is 8.48. The van der Waals surface area contributed by atoms with Crippen LogP contribution in [0, 0.1) is 0 Å². The van der Waals surface area contributed by atoms with E-state index in [4.69, 9.17) is 4.98 Å². The van der Waals surface area contributed by atoms with E-state index in [1.54, 1.807) is 0 Å². The van der Waals surface area contributed by atoms with Crippen LogP contribution in [-0.2, 0) is 13.1 Å². The van der Waals surface area contributed by atoms with E-state index >= 15 is 0 Å². The predicted molar refractivity (Wildman–Crippen MR) is 111 cm³/mol. The van der Waals surface area contributed by atoms with Gasteiger partial charge in [0.05, 0.1) is 6.54 Å². The molecule has 2 aliphatic rings. The third-order valence-corrected chi connectivity index (χ3v) is 6.21. The third kappa shape index (κ3) is 4.04. The lowest BCUT2D eigenvalue weighted by atomic mass is 9.96. The summed E-state index contributed by atoms with van der Waals surface area (Å²) in [4.78, 5) is 14.0. The van der Waals surface area contributed by atoms with Gasteiger partial charge in [-0.2, -0.15) is 0 Å². The van der Waals surface area contributed by atoms with Crippen molar-refractivity contribution in [2.45, 2.75) is 70.4 Å². The summed E-state index contributed by atoms with van der Waals surface area (Å²) in [6.45, 7) is 5.92. The van der Waals surface area contributed by atoms with Crippen molar-refractivity contribution in [1.82, 2.24) is 29.6 Å². The molecule has 2 aromatic rings. The molecule has 0 bridgehead atoms. The zero-order chi connectivity index (χ0) is 19.5. The Morgan fingerprint density at radius 2 is 1.79 bits per heavy atom. The largest absolute Gasteiger partial charge is 0.341 e. The Kier molecular flexibility index (Phi) is 5.90. The normalized spacial score (nSPS) is 19.1. The summed E-state index contributed by atoms with van der Waals surface area (Å²) in [5, 5.41) is 9.03. The fraction of sp³-hybridized carbons (Fsp3) is 0.714. The van der Waals surface area contributed by atoms with Crippen LogP contribution < -0.4 is 4.90 Å². The van der Waals surface area contributed by atoms with Crippen LogP contribution in [0.15, 0.2) is 12.3 Å². The van der Waals surface area contributed by atoms with Gasteiger partial charge in [0, 0.05) is 43.4 Å². The maximum absolute atomic E-state index is 4.92. The quantitative estimate of drug-likeness (QED) is 0.763. The summed E-state index contributed by atoms with van der Waals surface area (Å²) in [5.74, 6) is 4.24. The monoisotopic (exact) mass is 383 g/mol. The second kappa shape index (κ2) is 8.55. The van der Waals surface area contributed by atoms with Gasteiger partial charge in [0.1, 0.15) is 11.6 Å². The lowest BCUT2D eigenvalue weighted by molar-refractivity contribution is 0.377. The fourth-order valence-corrected chi connectivity index (χ4v) is 4.70. The third-order valence-electron chi connectivity index (χ3n) is 6.21. The molecule has 28 heavy (non-hydrogen) atoms. The first-order valence-electron chi connectivity index (χ1n) is 10.8. The number of hydrogen-bond acceptors (Lipinski definition) is 6. The van der Waals surface area contributed by atoms with E-state index in [9.17, 15) is 0 Å². The Bertz CT molecular complexity index is 771. The van der Waals surface area contributed by atoms with Gasteiger partial charge in [0.25, 0.3) is 0 Å². The summed E-state index contributed by atoms with van der Waals surface area (Å²) in [6, 6.07) is 2.11. The van der Waals surface area contributed by atoms with E-state index in [2.05, 4.69) is 56.6 Å². The number of nitrogens with zero attached hydrogens (tertiary/aromatic N) is 7. The van der Waals surface area contributed by atoms with Gasteiger partial charge in [0.2, 0.25) is 5.95 Å². The second-order valence-corrected chi connectivity index (χ2v) is 8.48. The number of hydrogen-bond donors (Lipinski definition) is 0. The standard InChI is InChI=1S/C21H33N7/c1-4-28-19(15-26(2)3)24-25-20(28)17-10-13-27(14-11-17)21-22-12-9-18(23-21)16-7-5-6-8-16/h9,12,16-17H,4-8,10-11,13-15H2,1-3H3. The molecule has 152 valence electrons. The van der Waals surface area contributed by atoms with Crippen LogP contribution in [0.3, 0.4) is 0 Å². The molecule has 3 heterocycles. The van der Waals surface area contributed by atoms with Crippen molar-refractivity contribution in [2.75, 3.05) is 32.1 Å². The van der Waals surface area contributed by atoms with Crippen LogP contribution in [0.25, 0.3) is 0 Å². The van der Waals surface area contributed by atoms with E-state index in [0.29, 0.717) is 11.8 Å². The minimum atomic E-state index is 0.470. The van der Waals surface area contributed by atoms with E-state index in [-0.39, 0.29) is 0 Å². The summed E-state index contributed by atoms with van der Waals surface area (Å²) in [7, 11) is 4.15. The van der Waals surface area contributed by atoms with Gasteiger partial charge in [-0.25, -0.2) is 9.97 Å². The van der Waals surface area contributed by atoms with Crippen molar-refractivity contribution in [2.24, 2.45) is 0 Å². The summed E-state index contributed by atoms with van der Waals surface area (Å²) in [6.07, 6.45) is 9.34. The van der Waals surface area contributed by atoms with Crippen LogP contribution >= 0.6 is 0 Å². The Morgan fingerprint density at radius 1 is 1.04 bits per heavy atom. The molecule has 0 atom stereocenters. The van der Waals surface area contributed by atoms with E-state index in [1.165, 1.54) is 31.4 Å². The van der Waals surface area contributed by atoms with Crippen molar-refractivity contribution >= 4 is 5.95 Å². The predicted octanol–water partition coefficient (Wildman–Crippen LogP) is 3.19. The van der Waals surface area contributed by atoms with Crippen LogP contribution in [-0.4, -0.2) is 56.8 Å². The van der Waals surface area contributed by atoms with E-state index in [1.807, 2.05) is 6.20 Å². The maximum atomic E-state index is 4.92. The lowest BCUT2D eigenvalue weighted by Crippen LogP contribution is -2.35. The van der Waals surface area contributed by atoms with Crippen LogP contribution in [0.2, 0.25) is 0 Å². The topological polar surface area (TPSA) is 63.0 Å². The molecule has 0 aromatic carbocycles. The average molecular weight is 384 g/mol. The first-order valence-corrected chi connectivity index (χ1v) is 10.8. The highest BCUT2D eigenvalue weighted by atomic mass is 15.3. The van der Waals surface area contributed by atoms with Gasteiger partial charge in [-0.1, -0.05) is 12.8 Å². The molecule has 1 aliphatic carbocycles. The van der Waals surface area contributed by atoms with Crippen molar-refractivity contribution in [1.29, 1.82) is 0 Å². The Balaban J connectivity index is 1.42. The zero-order valence-corrected chi connectivity index (χ0v) is 17.5.